The van der Waals surface area contributed by atoms with Crippen molar-refractivity contribution in [1.82, 2.24) is 4.90 Å². The number of amides is 2. The first-order valence-corrected chi connectivity index (χ1v) is 8.59. The second kappa shape index (κ2) is 6.84. The third kappa shape index (κ3) is 4.65. The number of rotatable bonds is 5. The summed E-state index contributed by atoms with van der Waals surface area (Å²) in [5, 5.41) is 0.958. The van der Waals surface area contributed by atoms with Gasteiger partial charge in [0, 0.05) is 31.1 Å². The first kappa shape index (κ1) is 17.7. The van der Waals surface area contributed by atoms with Crippen molar-refractivity contribution in [1.29, 1.82) is 0 Å². The van der Waals surface area contributed by atoms with Crippen LogP contribution < -0.4 is 4.90 Å². The van der Waals surface area contributed by atoms with Gasteiger partial charge in [0.05, 0.1) is 38.6 Å². The minimum atomic E-state index is -0.0850. The summed E-state index contributed by atoms with van der Waals surface area (Å²) in [6, 6.07) is 3.98. The molecule has 0 spiro atoms. The lowest BCUT2D eigenvalue weighted by molar-refractivity contribution is -0.864. The Morgan fingerprint density at radius 3 is 2.52 bits per heavy atom. The molecule has 1 saturated heterocycles. The van der Waals surface area contributed by atoms with Gasteiger partial charge in [0.2, 0.25) is 11.8 Å². The molecule has 0 unspecified atom stereocenters. The van der Waals surface area contributed by atoms with Gasteiger partial charge in [-0.3, -0.25) is 9.59 Å². The minimum Gasteiger partial charge on any atom is -0.337 e. The molecule has 2 amide bonds. The molecule has 2 rings (SSSR count). The summed E-state index contributed by atoms with van der Waals surface area (Å²) in [5.74, 6) is 0.00140. The number of carbonyl (C=O) groups excluding carboxylic acids is 2. The molecule has 1 aromatic rings. The van der Waals surface area contributed by atoms with Gasteiger partial charge < -0.3 is 14.3 Å². The molecule has 0 radical (unpaired) electrons. The van der Waals surface area contributed by atoms with Crippen LogP contribution in [-0.2, 0) is 9.59 Å². The summed E-state index contributed by atoms with van der Waals surface area (Å²) in [7, 11) is 8.04. The van der Waals surface area contributed by atoms with Gasteiger partial charge in [-0.25, -0.2) is 0 Å². The van der Waals surface area contributed by atoms with E-state index in [2.05, 4.69) is 21.1 Å². The fourth-order valence-corrected chi connectivity index (χ4v) is 3.20. The number of aryl methyl sites for hydroxylation is 1. The van der Waals surface area contributed by atoms with E-state index in [0.29, 0.717) is 13.1 Å². The average molecular weight is 336 g/mol. The van der Waals surface area contributed by atoms with Gasteiger partial charge in [0.25, 0.3) is 0 Å². The summed E-state index contributed by atoms with van der Waals surface area (Å²) in [6.45, 7) is 3.86. The quantitative estimate of drug-likeness (QED) is 0.607. The highest BCUT2D eigenvalue weighted by Gasteiger charge is 2.36. The molecule has 5 nitrogen and oxygen atoms in total. The van der Waals surface area contributed by atoms with Crippen molar-refractivity contribution in [2.75, 3.05) is 52.7 Å². The van der Waals surface area contributed by atoms with E-state index in [9.17, 15) is 9.59 Å². The molecule has 0 saturated carbocycles. The molecule has 6 heteroatoms. The smallest absolute Gasteiger partial charge is 0.246 e. The predicted molar refractivity (Wildman–Crippen MR) is 94.6 cm³/mol. The van der Waals surface area contributed by atoms with Crippen LogP contribution >= 0.6 is 11.3 Å². The SMILES string of the molecule is Cc1ccc(N(C)C(=O)C2CN(C(=O)/C=C/C[N+](C)(C)C)C2)s1. The molecule has 0 atom stereocenters. The van der Waals surface area contributed by atoms with Crippen LogP contribution in [0.15, 0.2) is 24.3 Å². The van der Waals surface area contributed by atoms with Crippen molar-refractivity contribution in [3.05, 3.63) is 29.2 Å². The van der Waals surface area contributed by atoms with Crippen LogP contribution in [-0.4, -0.2) is 69.0 Å². The maximum atomic E-state index is 12.4. The minimum absolute atomic E-state index is 0.00267. The number of quaternary nitrogens is 1. The molecule has 0 bridgehead atoms. The molecule has 1 fully saturated rings. The fourth-order valence-electron chi connectivity index (χ4n) is 2.37. The molecule has 23 heavy (non-hydrogen) atoms. The lowest BCUT2D eigenvalue weighted by Gasteiger charge is -2.39. The number of likely N-dealkylation sites (tertiary alicyclic amines) is 1. The van der Waals surface area contributed by atoms with Gasteiger partial charge in [-0.05, 0) is 25.1 Å². The second-order valence-electron chi connectivity index (χ2n) is 7.10. The van der Waals surface area contributed by atoms with Crippen LogP contribution in [0.25, 0.3) is 0 Å². The van der Waals surface area contributed by atoms with Gasteiger partial charge in [0.15, 0.2) is 0 Å². The van der Waals surface area contributed by atoms with E-state index >= 15 is 0 Å². The lowest BCUT2D eigenvalue weighted by atomic mass is 9.98. The van der Waals surface area contributed by atoms with Crippen LogP contribution in [0.1, 0.15) is 4.88 Å². The molecule has 0 aliphatic carbocycles. The van der Waals surface area contributed by atoms with E-state index in [0.717, 1.165) is 16.0 Å². The summed E-state index contributed by atoms with van der Waals surface area (Å²) in [6.07, 6.45) is 3.52. The number of carbonyl (C=O) groups is 2. The van der Waals surface area contributed by atoms with Crippen molar-refractivity contribution in [2.24, 2.45) is 5.92 Å². The number of nitrogens with zero attached hydrogens (tertiary/aromatic N) is 3. The van der Waals surface area contributed by atoms with Crippen molar-refractivity contribution in [3.63, 3.8) is 0 Å². The van der Waals surface area contributed by atoms with Crippen LogP contribution in [0.4, 0.5) is 5.00 Å². The molecule has 1 aromatic heterocycles. The Hall–Kier alpha value is -1.66. The van der Waals surface area contributed by atoms with E-state index in [1.165, 1.54) is 4.88 Å². The zero-order valence-corrected chi connectivity index (χ0v) is 15.4. The van der Waals surface area contributed by atoms with Gasteiger partial charge in [-0.1, -0.05) is 0 Å². The third-order valence-electron chi connectivity index (χ3n) is 3.84. The molecule has 126 valence electrons. The topological polar surface area (TPSA) is 40.6 Å². The Bertz CT molecular complexity index is 610. The highest BCUT2D eigenvalue weighted by Crippen LogP contribution is 2.27. The van der Waals surface area contributed by atoms with Gasteiger partial charge in [-0.2, -0.15) is 0 Å². The molecule has 0 N–H and O–H groups in total. The summed E-state index contributed by atoms with van der Waals surface area (Å²) in [4.78, 5) is 29.1. The lowest BCUT2D eigenvalue weighted by Crippen LogP contribution is -2.55. The van der Waals surface area contributed by atoms with Crippen molar-refractivity contribution < 1.29 is 14.1 Å². The number of thiophene rings is 1. The van der Waals surface area contributed by atoms with Gasteiger partial charge in [-0.15, -0.1) is 11.3 Å². The molecule has 1 aliphatic rings. The normalized spacial score (nSPS) is 15.8. The Balaban J connectivity index is 1.82. The third-order valence-corrected chi connectivity index (χ3v) is 4.92. The summed E-state index contributed by atoms with van der Waals surface area (Å²) < 4.78 is 0.788. The Labute approximate surface area is 142 Å². The highest BCUT2D eigenvalue weighted by molar-refractivity contribution is 7.16. The maximum absolute atomic E-state index is 12.4. The van der Waals surface area contributed by atoms with E-state index in [1.807, 2.05) is 25.1 Å². The molecule has 2 heterocycles. The van der Waals surface area contributed by atoms with Crippen molar-refractivity contribution in [3.8, 4) is 0 Å². The Morgan fingerprint density at radius 1 is 1.35 bits per heavy atom. The molecular weight excluding hydrogens is 310 g/mol. The fraction of sp³-hybridized carbons (Fsp3) is 0.529. The Morgan fingerprint density at radius 2 is 2.00 bits per heavy atom. The number of hydrogen-bond acceptors (Lipinski definition) is 3. The van der Waals surface area contributed by atoms with Crippen LogP contribution in [0.2, 0.25) is 0 Å². The van der Waals surface area contributed by atoms with E-state index in [1.54, 1.807) is 34.3 Å². The monoisotopic (exact) mass is 336 g/mol. The van der Waals surface area contributed by atoms with Crippen molar-refractivity contribution in [2.45, 2.75) is 6.92 Å². The van der Waals surface area contributed by atoms with Crippen molar-refractivity contribution >= 4 is 28.2 Å². The van der Waals surface area contributed by atoms with E-state index in [4.69, 9.17) is 0 Å². The van der Waals surface area contributed by atoms with Gasteiger partial charge in [0.1, 0.15) is 0 Å². The predicted octanol–water partition coefficient (Wildman–Crippen LogP) is 1.74. The largest absolute Gasteiger partial charge is 0.337 e. The van der Waals surface area contributed by atoms with Crippen LogP contribution in [0.3, 0.4) is 0 Å². The van der Waals surface area contributed by atoms with E-state index in [-0.39, 0.29) is 17.7 Å². The molecular formula is C17H26N3O2S+. The summed E-state index contributed by atoms with van der Waals surface area (Å²) in [5.41, 5.74) is 0. The zero-order valence-electron chi connectivity index (χ0n) is 14.6. The second-order valence-corrected chi connectivity index (χ2v) is 8.36. The number of hydrogen-bond donors (Lipinski definition) is 0. The van der Waals surface area contributed by atoms with Crippen LogP contribution in [0, 0.1) is 12.8 Å². The standard InChI is InChI=1S/C17H26N3O2S/c1-13-8-9-16(23-13)18(2)17(22)14-11-19(12-14)15(21)7-6-10-20(3,4)5/h6-9,14H,10-12H2,1-5H3/q+1/b7-6+. The zero-order chi connectivity index (χ0) is 17.2. The highest BCUT2D eigenvalue weighted by atomic mass is 32.1. The Kier molecular flexibility index (Phi) is 5.26. The molecule has 1 aliphatic heterocycles. The first-order valence-electron chi connectivity index (χ1n) is 7.77. The average Bonchev–Trinajstić information content (AvgIpc) is 2.81. The summed E-state index contributed by atoms with van der Waals surface area (Å²) >= 11 is 1.61. The van der Waals surface area contributed by atoms with E-state index < -0.39 is 0 Å². The van der Waals surface area contributed by atoms with Crippen LogP contribution in [0.5, 0.6) is 0 Å². The van der Waals surface area contributed by atoms with Gasteiger partial charge >= 0.3 is 0 Å². The first-order chi connectivity index (χ1) is 10.7. The number of likely N-dealkylation sites (N-methyl/N-ethyl adjacent to an activating group) is 1. The maximum Gasteiger partial charge on any atom is 0.246 e. The molecule has 0 aromatic carbocycles. The number of anilines is 1.